The molecule has 2 heterocycles. The van der Waals surface area contributed by atoms with Gasteiger partial charge in [0, 0.05) is 17.5 Å². The van der Waals surface area contributed by atoms with Crippen molar-refractivity contribution in [2.75, 3.05) is 16.8 Å². The Balaban J connectivity index is 1.56. The average Bonchev–Trinajstić information content (AvgIpc) is 2.90. The summed E-state index contributed by atoms with van der Waals surface area (Å²) in [5.41, 5.74) is -0.0478. The van der Waals surface area contributed by atoms with Crippen molar-refractivity contribution in [3.63, 3.8) is 0 Å². The monoisotopic (exact) mass is 357 g/mol. The molecule has 24 heavy (non-hydrogen) atoms. The van der Waals surface area contributed by atoms with Crippen molar-refractivity contribution in [1.29, 1.82) is 0 Å². The molecule has 6 nitrogen and oxygen atoms in total. The second-order valence-corrected chi connectivity index (χ2v) is 6.40. The number of nitrogens with one attached hydrogen (secondary N) is 2. The highest BCUT2D eigenvalue weighted by Gasteiger charge is 2.29. The Labute approximate surface area is 139 Å². The van der Waals surface area contributed by atoms with Gasteiger partial charge < -0.3 is 5.32 Å². The molecule has 0 unspecified atom stereocenters. The Hall–Kier alpha value is -2.23. The van der Waals surface area contributed by atoms with Crippen molar-refractivity contribution in [1.82, 2.24) is 20.3 Å². The third-order valence-corrected chi connectivity index (χ3v) is 4.66. The van der Waals surface area contributed by atoms with Gasteiger partial charge in [0.05, 0.1) is 18.3 Å². The van der Waals surface area contributed by atoms with Gasteiger partial charge in [-0.2, -0.15) is 24.9 Å². The van der Waals surface area contributed by atoms with E-state index in [1.807, 2.05) is 0 Å². The number of halogens is 3. The van der Waals surface area contributed by atoms with Gasteiger partial charge in [0.2, 0.25) is 0 Å². The number of alkyl halides is 3. The van der Waals surface area contributed by atoms with E-state index in [0.717, 1.165) is 23.6 Å². The molecule has 1 saturated heterocycles. The summed E-state index contributed by atoms with van der Waals surface area (Å²) < 4.78 is 39.0. The Bertz CT molecular complexity index is 712. The number of hydrogen-bond donors (Lipinski definition) is 2. The normalized spacial score (nSPS) is 15.0. The van der Waals surface area contributed by atoms with Gasteiger partial charge in [-0.3, -0.25) is 5.32 Å². The van der Waals surface area contributed by atoms with E-state index in [1.165, 1.54) is 23.0 Å². The number of carbonyl (C=O) groups is 1. The fraction of sp³-hybridized carbons (Fsp3) is 0.357. The molecule has 2 aromatic rings. The Morgan fingerprint density at radius 1 is 1.29 bits per heavy atom. The van der Waals surface area contributed by atoms with Crippen molar-refractivity contribution < 1.29 is 18.0 Å². The lowest BCUT2D eigenvalue weighted by Gasteiger charge is -2.25. The average molecular weight is 357 g/mol. The van der Waals surface area contributed by atoms with Crippen LogP contribution in [0.2, 0.25) is 0 Å². The van der Waals surface area contributed by atoms with Crippen LogP contribution in [0.15, 0.2) is 30.5 Å². The maximum absolute atomic E-state index is 12.5. The number of benzene rings is 1. The molecule has 1 aliphatic heterocycles. The highest BCUT2D eigenvalue weighted by molar-refractivity contribution is 8.00. The van der Waals surface area contributed by atoms with Crippen LogP contribution in [0.5, 0.6) is 0 Å². The molecule has 2 amide bonds. The van der Waals surface area contributed by atoms with Gasteiger partial charge in [0.15, 0.2) is 5.82 Å². The van der Waals surface area contributed by atoms with Crippen LogP contribution in [-0.4, -0.2) is 38.6 Å². The van der Waals surface area contributed by atoms with Gasteiger partial charge in [-0.25, -0.2) is 9.48 Å². The first kappa shape index (κ1) is 16.6. The molecule has 0 saturated carbocycles. The van der Waals surface area contributed by atoms with E-state index in [0.29, 0.717) is 5.56 Å². The smallest absolute Gasteiger partial charge is 0.333 e. The fourth-order valence-corrected chi connectivity index (χ4v) is 2.71. The number of urea groups is 1. The number of anilines is 1. The van der Waals surface area contributed by atoms with Crippen LogP contribution in [0.1, 0.15) is 11.1 Å². The minimum atomic E-state index is -4.35. The van der Waals surface area contributed by atoms with Gasteiger partial charge in [-0.15, -0.1) is 5.10 Å². The van der Waals surface area contributed by atoms with Crippen LogP contribution < -0.4 is 10.6 Å². The summed E-state index contributed by atoms with van der Waals surface area (Å²) in [6.45, 7) is 0.258. The van der Waals surface area contributed by atoms with Crippen LogP contribution in [-0.2, 0) is 12.7 Å². The SMILES string of the molecule is O=C(Nc1cn(Cc2ccc(C(F)(F)F)cc2)nn1)NC1CSC1. The number of aromatic nitrogens is 3. The maximum atomic E-state index is 12.5. The number of nitrogens with zero attached hydrogens (tertiary/aromatic N) is 3. The third kappa shape index (κ3) is 4.19. The predicted molar refractivity (Wildman–Crippen MR) is 83.8 cm³/mol. The lowest BCUT2D eigenvalue weighted by atomic mass is 10.1. The molecule has 1 aliphatic rings. The summed E-state index contributed by atoms with van der Waals surface area (Å²) in [6.07, 6.45) is -2.83. The van der Waals surface area contributed by atoms with Gasteiger partial charge in [-0.1, -0.05) is 17.3 Å². The zero-order valence-corrected chi connectivity index (χ0v) is 13.2. The van der Waals surface area contributed by atoms with Crippen LogP contribution in [0, 0.1) is 0 Å². The molecule has 0 atom stereocenters. The van der Waals surface area contributed by atoms with E-state index in [4.69, 9.17) is 0 Å². The molecule has 0 radical (unpaired) electrons. The van der Waals surface area contributed by atoms with Crippen LogP contribution in [0.3, 0.4) is 0 Å². The molecule has 2 N–H and O–H groups in total. The molecular weight excluding hydrogens is 343 g/mol. The van der Waals surface area contributed by atoms with E-state index in [2.05, 4.69) is 20.9 Å². The van der Waals surface area contributed by atoms with E-state index in [9.17, 15) is 18.0 Å². The molecule has 10 heteroatoms. The fourth-order valence-electron chi connectivity index (χ4n) is 2.08. The number of hydrogen-bond acceptors (Lipinski definition) is 4. The summed E-state index contributed by atoms with van der Waals surface area (Å²) in [4.78, 5) is 11.7. The minimum absolute atomic E-state index is 0.178. The maximum Gasteiger partial charge on any atom is 0.416 e. The van der Waals surface area contributed by atoms with Gasteiger partial charge in [0.1, 0.15) is 0 Å². The molecule has 0 spiro atoms. The quantitative estimate of drug-likeness (QED) is 0.882. The van der Waals surface area contributed by atoms with Crippen molar-refractivity contribution in [2.24, 2.45) is 0 Å². The molecule has 1 fully saturated rings. The van der Waals surface area contributed by atoms with Crippen molar-refractivity contribution in [2.45, 2.75) is 18.8 Å². The number of rotatable bonds is 4. The van der Waals surface area contributed by atoms with E-state index >= 15 is 0 Å². The summed E-state index contributed by atoms with van der Waals surface area (Å²) >= 11 is 1.76. The zero-order chi connectivity index (χ0) is 17.2. The summed E-state index contributed by atoms with van der Waals surface area (Å²) in [7, 11) is 0. The first-order valence-corrected chi connectivity index (χ1v) is 8.27. The van der Waals surface area contributed by atoms with E-state index in [-0.39, 0.29) is 24.4 Å². The van der Waals surface area contributed by atoms with Gasteiger partial charge in [0.25, 0.3) is 0 Å². The van der Waals surface area contributed by atoms with Crippen molar-refractivity contribution in [3.05, 3.63) is 41.6 Å². The van der Waals surface area contributed by atoms with Gasteiger partial charge in [-0.05, 0) is 17.7 Å². The van der Waals surface area contributed by atoms with E-state index in [1.54, 1.807) is 11.8 Å². The van der Waals surface area contributed by atoms with Crippen molar-refractivity contribution in [3.8, 4) is 0 Å². The molecule has 1 aromatic carbocycles. The topological polar surface area (TPSA) is 71.8 Å². The highest BCUT2D eigenvalue weighted by atomic mass is 32.2. The molecule has 1 aromatic heterocycles. The Kier molecular flexibility index (Phi) is 4.65. The molecule has 0 bridgehead atoms. The molecule has 128 valence electrons. The molecular formula is C14H14F3N5OS. The van der Waals surface area contributed by atoms with Crippen LogP contribution in [0.25, 0.3) is 0 Å². The molecule has 0 aliphatic carbocycles. The Morgan fingerprint density at radius 2 is 2.00 bits per heavy atom. The van der Waals surface area contributed by atoms with E-state index < -0.39 is 11.7 Å². The summed E-state index contributed by atoms with van der Waals surface area (Å²) in [6, 6.07) is 4.65. The largest absolute Gasteiger partial charge is 0.416 e. The molecule has 3 rings (SSSR count). The first-order valence-electron chi connectivity index (χ1n) is 7.12. The van der Waals surface area contributed by atoms with Gasteiger partial charge >= 0.3 is 12.2 Å². The Morgan fingerprint density at radius 3 is 2.58 bits per heavy atom. The summed E-state index contributed by atoms with van der Waals surface area (Å²) in [5, 5.41) is 13.0. The predicted octanol–water partition coefficient (Wildman–Crippen LogP) is 2.58. The summed E-state index contributed by atoms with van der Waals surface area (Å²) in [5.74, 6) is 2.08. The first-order chi connectivity index (χ1) is 11.4. The number of amides is 2. The van der Waals surface area contributed by atoms with Crippen LogP contribution >= 0.6 is 11.8 Å². The lowest BCUT2D eigenvalue weighted by molar-refractivity contribution is -0.137. The number of thioether (sulfide) groups is 1. The zero-order valence-electron chi connectivity index (χ0n) is 12.4. The van der Waals surface area contributed by atoms with Crippen LogP contribution in [0.4, 0.5) is 23.8 Å². The lowest BCUT2D eigenvalue weighted by Crippen LogP contribution is -2.45. The van der Waals surface area contributed by atoms with Crippen molar-refractivity contribution >= 4 is 23.6 Å². The minimum Gasteiger partial charge on any atom is -0.333 e. The second-order valence-electron chi connectivity index (χ2n) is 5.33. The standard InChI is InChI=1S/C14H14F3N5OS/c15-14(16,17)10-3-1-9(2-4-10)5-22-6-12(20-21-22)19-13(23)18-11-7-24-8-11/h1-4,6,11H,5,7-8H2,(H2,18,19,23). The highest BCUT2D eigenvalue weighted by Crippen LogP contribution is 2.29. The third-order valence-electron chi connectivity index (χ3n) is 3.38. The number of carbonyl (C=O) groups excluding carboxylic acids is 1. The second kappa shape index (κ2) is 6.71.